The summed E-state index contributed by atoms with van der Waals surface area (Å²) in [5, 5.41) is 2.56. The molecular weight excluding hydrogens is 198 g/mol. The van der Waals surface area contributed by atoms with Gasteiger partial charge >= 0.3 is 6.03 Å². The molecule has 1 aromatic heterocycles. The highest BCUT2D eigenvalue weighted by atomic mass is 32.1. The molecule has 0 atom stereocenters. The van der Waals surface area contributed by atoms with E-state index in [1.165, 1.54) is 4.88 Å². The van der Waals surface area contributed by atoms with Crippen LogP contribution in [0.2, 0.25) is 0 Å². The Morgan fingerprint density at radius 3 is 2.71 bits per heavy atom. The highest BCUT2D eigenvalue weighted by Crippen LogP contribution is 2.17. The van der Waals surface area contributed by atoms with Crippen molar-refractivity contribution in [1.29, 1.82) is 0 Å². The van der Waals surface area contributed by atoms with Gasteiger partial charge in [-0.15, -0.1) is 11.3 Å². The van der Waals surface area contributed by atoms with Gasteiger partial charge in [0.25, 0.3) is 0 Å². The van der Waals surface area contributed by atoms with E-state index in [2.05, 4.69) is 16.3 Å². The van der Waals surface area contributed by atoms with Crippen molar-refractivity contribution >= 4 is 17.4 Å². The molecule has 0 saturated heterocycles. The zero-order valence-corrected chi connectivity index (χ0v) is 9.23. The molecule has 2 amide bonds. The van der Waals surface area contributed by atoms with E-state index in [0.29, 0.717) is 6.54 Å². The number of nitrogens with two attached hydrogens (primary N) is 1. The first-order valence-corrected chi connectivity index (χ1v) is 5.15. The normalized spacial score (nSPS) is 10.5. The summed E-state index contributed by atoms with van der Waals surface area (Å²) in [7, 11) is 4.06. The summed E-state index contributed by atoms with van der Waals surface area (Å²) in [6.07, 6.45) is 0. The topological polar surface area (TPSA) is 58.4 Å². The fourth-order valence-electron chi connectivity index (χ4n) is 1.09. The van der Waals surface area contributed by atoms with Gasteiger partial charge in [-0.3, -0.25) is 0 Å². The summed E-state index contributed by atoms with van der Waals surface area (Å²) in [5.41, 5.74) is 4.97. The summed E-state index contributed by atoms with van der Waals surface area (Å²) in [6, 6.07) is 3.61. The molecule has 0 aliphatic heterocycles. The van der Waals surface area contributed by atoms with Crippen LogP contribution < -0.4 is 11.1 Å². The van der Waals surface area contributed by atoms with Gasteiger partial charge in [0, 0.05) is 16.3 Å². The van der Waals surface area contributed by atoms with Gasteiger partial charge < -0.3 is 16.0 Å². The van der Waals surface area contributed by atoms with Crippen molar-refractivity contribution in [3.05, 3.63) is 21.9 Å². The molecular formula is C9H15N3OS. The minimum Gasteiger partial charge on any atom is -0.352 e. The number of carbonyl (C=O) groups is 1. The molecule has 1 aromatic rings. The fraction of sp³-hybridized carbons (Fsp3) is 0.444. The number of nitrogens with one attached hydrogen (secondary N) is 1. The summed E-state index contributed by atoms with van der Waals surface area (Å²) < 4.78 is 0. The minimum absolute atomic E-state index is 0.479. The number of amides is 2. The van der Waals surface area contributed by atoms with E-state index in [1.807, 2.05) is 20.2 Å². The molecule has 4 nitrogen and oxygen atoms in total. The van der Waals surface area contributed by atoms with Gasteiger partial charge in [-0.2, -0.15) is 0 Å². The summed E-state index contributed by atoms with van der Waals surface area (Å²) in [6.45, 7) is 1.45. The van der Waals surface area contributed by atoms with Gasteiger partial charge in [0.2, 0.25) is 0 Å². The molecule has 0 bridgehead atoms. The van der Waals surface area contributed by atoms with Gasteiger partial charge in [0.1, 0.15) is 0 Å². The molecule has 5 heteroatoms. The molecule has 14 heavy (non-hydrogen) atoms. The predicted molar refractivity (Wildman–Crippen MR) is 58.1 cm³/mol. The number of primary amides is 1. The largest absolute Gasteiger partial charge is 0.352 e. The Kier molecular flexibility index (Phi) is 3.91. The number of thiophene rings is 1. The summed E-state index contributed by atoms with van der Waals surface area (Å²) in [5.74, 6) is 0. The van der Waals surface area contributed by atoms with Gasteiger partial charge in [-0.05, 0) is 26.2 Å². The SMILES string of the molecule is CN(C)Cc1ccc(CNC(N)=O)s1. The average Bonchev–Trinajstić information content (AvgIpc) is 2.47. The molecule has 0 spiro atoms. The van der Waals surface area contributed by atoms with E-state index >= 15 is 0 Å². The first-order valence-electron chi connectivity index (χ1n) is 4.33. The van der Waals surface area contributed by atoms with Crippen molar-refractivity contribution in [3.8, 4) is 0 Å². The Labute approximate surface area is 87.7 Å². The molecule has 0 fully saturated rings. The third-order valence-corrected chi connectivity index (χ3v) is 2.70. The molecule has 0 aromatic carbocycles. The quantitative estimate of drug-likeness (QED) is 0.783. The number of urea groups is 1. The second-order valence-corrected chi connectivity index (χ2v) is 4.58. The van der Waals surface area contributed by atoms with Gasteiger partial charge in [-0.25, -0.2) is 4.79 Å². The van der Waals surface area contributed by atoms with Crippen molar-refractivity contribution in [2.75, 3.05) is 14.1 Å². The second kappa shape index (κ2) is 4.97. The molecule has 0 radical (unpaired) electrons. The smallest absolute Gasteiger partial charge is 0.312 e. The van der Waals surface area contributed by atoms with Crippen molar-refractivity contribution in [3.63, 3.8) is 0 Å². The molecule has 0 unspecified atom stereocenters. The number of rotatable bonds is 4. The molecule has 78 valence electrons. The highest BCUT2D eigenvalue weighted by molar-refractivity contribution is 7.11. The van der Waals surface area contributed by atoms with Crippen LogP contribution >= 0.6 is 11.3 Å². The maximum absolute atomic E-state index is 10.5. The van der Waals surface area contributed by atoms with Crippen LogP contribution in [0.3, 0.4) is 0 Å². The lowest BCUT2D eigenvalue weighted by Gasteiger charge is -2.06. The van der Waals surface area contributed by atoms with Crippen LogP contribution in [0.1, 0.15) is 9.75 Å². The van der Waals surface area contributed by atoms with Crippen LogP contribution in [0.25, 0.3) is 0 Å². The zero-order valence-electron chi connectivity index (χ0n) is 8.41. The van der Waals surface area contributed by atoms with Crippen molar-refractivity contribution in [2.24, 2.45) is 5.73 Å². The van der Waals surface area contributed by atoms with Crippen LogP contribution in [0.5, 0.6) is 0 Å². The van der Waals surface area contributed by atoms with Crippen LogP contribution in [0, 0.1) is 0 Å². The first kappa shape index (κ1) is 11.0. The Morgan fingerprint density at radius 1 is 1.50 bits per heavy atom. The van der Waals surface area contributed by atoms with Crippen molar-refractivity contribution < 1.29 is 4.79 Å². The fourth-order valence-corrected chi connectivity index (χ4v) is 2.16. The molecule has 1 rings (SSSR count). The van der Waals surface area contributed by atoms with Gasteiger partial charge in [0.05, 0.1) is 6.54 Å². The molecule has 0 aliphatic carbocycles. The Hall–Kier alpha value is -1.07. The lowest BCUT2D eigenvalue weighted by molar-refractivity contribution is 0.248. The second-order valence-electron chi connectivity index (χ2n) is 3.32. The van der Waals surface area contributed by atoms with Crippen LogP contribution in [-0.2, 0) is 13.1 Å². The Morgan fingerprint density at radius 2 is 2.14 bits per heavy atom. The van der Waals surface area contributed by atoms with Crippen LogP contribution in [0.4, 0.5) is 4.79 Å². The Bertz CT molecular complexity index is 309. The average molecular weight is 213 g/mol. The van der Waals surface area contributed by atoms with E-state index < -0.39 is 6.03 Å². The standard InChI is InChI=1S/C9H15N3OS/c1-12(2)6-8-4-3-7(14-8)5-11-9(10)13/h3-4H,5-6H2,1-2H3,(H3,10,11,13). The van der Waals surface area contributed by atoms with E-state index in [-0.39, 0.29) is 0 Å². The van der Waals surface area contributed by atoms with E-state index in [1.54, 1.807) is 11.3 Å². The maximum atomic E-state index is 10.5. The zero-order chi connectivity index (χ0) is 10.6. The van der Waals surface area contributed by atoms with E-state index in [9.17, 15) is 4.79 Å². The number of nitrogens with zero attached hydrogens (tertiary/aromatic N) is 1. The number of carbonyl (C=O) groups excluding carboxylic acids is 1. The van der Waals surface area contributed by atoms with Crippen molar-refractivity contribution in [2.45, 2.75) is 13.1 Å². The lowest BCUT2D eigenvalue weighted by atomic mass is 10.4. The van der Waals surface area contributed by atoms with Gasteiger partial charge in [0.15, 0.2) is 0 Å². The molecule has 0 saturated carbocycles. The lowest BCUT2D eigenvalue weighted by Crippen LogP contribution is -2.28. The first-order chi connectivity index (χ1) is 6.58. The van der Waals surface area contributed by atoms with Crippen molar-refractivity contribution in [1.82, 2.24) is 10.2 Å². The monoisotopic (exact) mass is 213 g/mol. The highest BCUT2D eigenvalue weighted by Gasteiger charge is 2.01. The molecule has 0 aliphatic rings. The van der Waals surface area contributed by atoms with Gasteiger partial charge in [-0.1, -0.05) is 0 Å². The maximum Gasteiger partial charge on any atom is 0.312 e. The van der Waals surface area contributed by atoms with E-state index in [4.69, 9.17) is 5.73 Å². The summed E-state index contributed by atoms with van der Waals surface area (Å²) >= 11 is 1.69. The third-order valence-electron chi connectivity index (χ3n) is 1.63. The van der Waals surface area contributed by atoms with Crippen LogP contribution in [-0.4, -0.2) is 25.0 Å². The van der Waals surface area contributed by atoms with Crippen LogP contribution in [0.15, 0.2) is 12.1 Å². The minimum atomic E-state index is -0.479. The predicted octanol–water partition coefficient (Wildman–Crippen LogP) is 0.978. The molecule has 3 N–H and O–H groups in total. The number of hydrogen-bond donors (Lipinski definition) is 2. The summed E-state index contributed by atoms with van der Waals surface area (Å²) in [4.78, 5) is 15.0. The van der Waals surface area contributed by atoms with E-state index in [0.717, 1.165) is 11.4 Å². The number of hydrogen-bond acceptors (Lipinski definition) is 3. The Balaban J connectivity index is 2.46. The third kappa shape index (κ3) is 3.76. The molecule has 1 heterocycles.